The van der Waals surface area contributed by atoms with E-state index in [9.17, 15) is 22.8 Å². The lowest BCUT2D eigenvalue weighted by molar-refractivity contribution is -0.149. The van der Waals surface area contributed by atoms with E-state index in [1.807, 2.05) is 6.07 Å². The van der Waals surface area contributed by atoms with Crippen LogP contribution in [0, 0.1) is 13.8 Å². The second-order valence-corrected chi connectivity index (χ2v) is 11.6. The van der Waals surface area contributed by atoms with Crippen molar-refractivity contribution in [3.63, 3.8) is 0 Å². The van der Waals surface area contributed by atoms with Crippen LogP contribution in [0.15, 0.2) is 47.4 Å². The van der Waals surface area contributed by atoms with Crippen LogP contribution in [0.4, 0.5) is 5.69 Å². The van der Waals surface area contributed by atoms with E-state index in [1.165, 1.54) is 0 Å². The van der Waals surface area contributed by atoms with Crippen LogP contribution in [-0.4, -0.2) is 43.6 Å². The third kappa shape index (κ3) is 5.10. The monoisotopic (exact) mass is 498 g/mol. The van der Waals surface area contributed by atoms with Crippen molar-refractivity contribution < 1.29 is 27.5 Å². The smallest absolute Gasteiger partial charge is 0.328 e. The Morgan fingerprint density at radius 3 is 2.40 bits per heavy atom. The van der Waals surface area contributed by atoms with Crippen molar-refractivity contribution in [2.75, 3.05) is 11.9 Å². The molecule has 186 valence electrons. The van der Waals surface area contributed by atoms with Crippen LogP contribution in [0.5, 0.6) is 0 Å². The van der Waals surface area contributed by atoms with E-state index < -0.39 is 33.1 Å². The van der Waals surface area contributed by atoms with Gasteiger partial charge in [-0.05, 0) is 68.9 Å². The van der Waals surface area contributed by atoms with Crippen molar-refractivity contribution in [2.24, 2.45) is 0 Å². The van der Waals surface area contributed by atoms with E-state index >= 15 is 0 Å². The Balaban J connectivity index is 1.48. The molecule has 0 spiro atoms. The molecule has 4 rings (SSSR count). The molecule has 2 fully saturated rings. The van der Waals surface area contributed by atoms with Crippen LogP contribution in [0.3, 0.4) is 0 Å². The number of amides is 2. The number of hydrogen-bond acceptors (Lipinski definition) is 6. The summed E-state index contributed by atoms with van der Waals surface area (Å²) in [7, 11) is -4.04. The topological polar surface area (TPSA) is 119 Å². The zero-order valence-electron chi connectivity index (χ0n) is 19.9. The molecular formula is C26H30N2O6S. The van der Waals surface area contributed by atoms with Gasteiger partial charge in [0.05, 0.1) is 16.1 Å². The summed E-state index contributed by atoms with van der Waals surface area (Å²) in [6.45, 7) is 2.84. The second kappa shape index (κ2) is 9.81. The number of benzene rings is 2. The van der Waals surface area contributed by atoms with Gasteiger partial charge in [0.15, 0.2) is 21.2 Å². The number of carbonyl (C=O) groups excluding carboxylic acids is 3. The average molecular weight is 499 g/mol. The molecule has 0 heterocycles. The van der Waals surface area contributed by atoms with Gasteiger partial charge in [-0.2, -0.15) is 0 Å². The summed E-state index contributed by atoms with van der Waals surface area (Å²) >= 11 is 0. The van der Waals surface area contributed by atoms with Crippen LogP contribution in [0.2, 0.25) is 0 Å². The lowest BCUT2D eigenvalue weighted by Gasteiger charge is -2.27. The van der Waals surface area contributed by atoms with Gasteiger partial charge in [0.25, 0.3) is 11.8 Å². The average Bonchev–Trinajstić information content (AvgIpc) is 3.49. The predicted molar refractivity (Wildman–Crippen MR) is 131 cm³/mol. The number of hydrogen-bond donors (Lipinski definition) is 2. The Morgan fingerprint density at radius 1 is 1.03 bits per heavy atom. The number of esters is 1. The van der Waals surface area contributed by atoms with Crippen molar-refractivity contribution in [1.82, 2.24) is 5.32 Å². The Hall–Kier alpha value is -3.20. The van der Waals surface area contributed by atoms with Gasteiger partial charge in [-0.15, -0.1) is 0 Å². The molecule has 0 bridgehead atoms. The molecule has 2 aromatic carbocycles. The van der Waals surface area contributed by atoms with E-state index in [2.05, 4.69) is 10.6 Å². The lowest BCUT2D eigenvalue weighted by Crippen LogP contribution is -2.46. The van der Waals surface area contributed by atoms with Crippen LogP contribution < -0.4 is 10.6 Å². The molecule has 0 aliphatic heterocycles. The fourth-order valence-corrected chi connectivity index (χ4v) is 6.82. The minimum absolute atomic E-state index is 0.122. The van der Waals surface area contributed by atoms with E-state index in [1.54, 1.807) is 50.2 Å². The zero-order valence-corrected chi connectivity index (χ0v) is 20.7. The normalized spacial score (nSPS) is 17.0. The third-order valence-electron chi connectivity index (χ3n) is 6.62. The Morgan fingerprint density at radius 2 is 1.71 bits per heavy atom. The number of nitrogens with one attached hydrogen (secondary N) is 2. The molecule has 2 amide bonds. The summed E-state index contributed by atoms with van der Waals surface area (Å²) in [4.78, 5) is 38.4. The molecule has 2 saturated carbocycles. The molecule has 8 nitrogen and oxygen atoms in total. The van der Waals surface area contributed by atoms with Crippen molar-refractivity contribution in [2.45, 2.75) is 68.1 Å². The van der Waals surface area contributed by atoms with Gasteiger partial charge in [0.2, 0.25) is 0 Å². The summed E-state index contributed by atoms with van der Waals surface area (Å²) < 4.78 is 30.9. The van der Waals surface area contributed by atoms with Crippen LogP contribution >= 0.6 is 0 Å². The molecule has 2 N–H and O–H groups in total. The number of carbonyl (C=O) groups is 3. The SMILES string of the molecule is Cc1ccc(C)c(S(=O)(=O)C2(C(=O)OCC(=O)Nc3ccccc3C(=O)NC3CC3)CCCC2)c1. The van der Waals surface area contributed by atoms with Crippen molar-refractivity contribution in [3.05, 3.63) is 59.2 Å². The fraction of sp³-hybridized carbons (Fsp3) is 0.423. The number of sulfone groups is 1. The second-order valence-electron chi connectivity index (χ2n) is 9.39. The van der Waals surface area contributed by atoms with Gasteiger partial charge in [0, 0.05) is 6.04 Å². The Bertz CT molecular complexity index is 1260. The Kier molecular flexibility index (Phi) is 6.98. The highest BCUT2D eigenvalue weighted by Crippen LogP contribution is 2.42. The fourth-order valence-electron chi connectivity index (χ4n) is 4.47. The molecule has 35 heavy (non-hydrogen) atoms. The van der Waals surface area contributed by atoms with Crippen LogP contribution in [0.1, 0.15) is 60.0 Å². The van der Waals surface area contributed by atoms with E-state index in [0.29, 0.717) is 29.7 Å². The molecule has 0 atom stereocenters. The van der Waals surface area contributed by atoms with Crippen molar-refractivity contribution >= 4 is 33.3 Å². The maximum absolute atomic E-state index is 13.7. The quantitative estimate of drug-likeness (QED) is 0.538. The number of anilines is 1. The minimum atomic E-state index is -4.04. The molecule has 9 heteroatoms. The van der Waals surface area contributed by atoms with E-state index in [-0.39, 0.29) is 29.7 Å². The van der Waals surface area contributed by atoms with Gasteiger partial charge in [0.1, 0.15) is 0 Å². The van der Waals surface area contributed by atoms with Crippen molar-refractivity contribution in [1.29, 1.82) is 0 Å². The first-order valence-electron chi connectivity index (χ1n) is 11.8. The van der Waals surface area contributed by atoms with Gasteiger partial charge in [-0.25, -0.2) is 8.42 Å². The number of ether oxygens (including phenoxy) is 1. The van der Waals surface area contributed by atoms with E-state index in [4.69, 9.17) is 4.74 Å². The first-order valence-corrected chi connectivity index (χ1v) is 13.3. The first-order chi connectivity index (χ1) is 16.6. The summed E-state index contributed by atoms with van der Waals surface area (Å²) in [5, 5.41) is 5.48. The maximum atomic E-state index is 13.7. The van der Waals surface area contributed by atoms with E-state index in [0.717, 1.165) is 18.4 Å². The molecule has 2 aromatic rings. The van der Waals surface area contributed by atoms with Gasteiger partial charge in [-0.3, -0.25) is 14.4 Å². The summed E-state index contributed by atoms with van der Waals surface area (Å²) in [6.07, 6.45) is 3.32. The Labute approximate surface area is 205 Å². The largest absolute Gasteiger partial charge is 0.454 e. The first kappa shape index (κ1) is 24.9. The van der Waals surface area contributed by atoms with Gasteiger partial charge in [-0.1, -0.05) is 37.1 Å². The molecule has 2 aliphatic carbocycles. The standard InChI is InChI=1S/C26H30N2O6S/c1-17-9-10-18(2)22(15-17)35(32,33)26(13-5-6-14-26)25(31)34-16-23(29)28-21-8-4-3-7-20(21)24(30)27-19-11-12-19/h3-4,7-10,15,19H,5-6,11-14,16H2,1-2H3,(H,27,30)(H,28,29). The zero-order chi connectivity index (χ0) is 25.2. The number of aryl methyl sites for hydroxylation is 2. The number of para-hydroxylation sites is 1. The summed E-state index contributed by atoms with van der Waals surface area (Å²) in [5.41, 5.74) is 1.95. The molecular weight excluding hydrogens is 468 g/mol. The third-order valence-corrected chi connectivity index (χ3v) is 9.25. The molecule has 0 radical (unpaired) electrons. The molecule has 2 aliphatic rings. The highest BCUT2D eigenvalue weighted by atomic mass is 32.2. The maximum Gasteiger partial charge on any atom is 0.328 e. The van der Waals surface area contributed by atoms with Gasteiger partial charge < -0.3 is 15.4 Å². The molecule has 0 saturated heterocycles. The molecule has 0 aromatic heterocycles. The predicted octanol–water partition coefficient (Wildman–Crippen LogP) is 3.46. The summed E-state index contributed by atoms with van der Waals surface area (Å²) in [5.74, 6) is -1.85. The van der Waals surface area contributed by atoms with Crippen molar-refractivity contribution in [3.8, 4) is 0 Å². The summed E-state index contributed by atoms with van der Waals surface area (Å²) in [6, 6.07) is 11.8. The number of rotatable bonds is 8. The lowest BCUT2D eigenvalue weighted by atomic mass is 10.1. The molecule has 0 unspecified atom stereocenters. The van der Waals surface area contributed by atoms with Crippen LogP contribution in [0.25, 0.3) is 0 Å². The highest BCUT2D eigenvalue weighted by Gasteiger charge is 2.54. The minimum Gasteiger partial charge on any atom is -0.454 e. The van der Waals surface area contributed by atoms with Crippen LogP contribution in [-0.2, 0) is 24.2 Å². The van der Waals surface area contributed by atoms with Gasteiger partial charge >= 0.3 is 5.97 Å². The highest BCUT2D eigenvalue weighted by molar-refractivity contribution is 7.93.